The molecule has 0 aliphatic carbocycles. The highest BCUT2D eigenvalue weighted by Crippen LogP contribution is 2.07. The van der Waals surface area contributed by atoms with Gasteiger partial charge in [-0.15, -0.1) is 6.58 Å². The van der Waals surface area contributed by atoms with Gasteiger partial charge in [-0.3, -0.25) is 9.97 Å². The van der Waals surface area contributed by atoms with Crippen LogP contribution in [0.25, 0.3) is 0 Å². The molecule has 0 unspecified atom stereocenters. The Morgan fingerprint density at radius 3 is 2.53 bits per heavy atom. The SMILES string of the molecule is C=C[C@H](O)[C@@H](O)Cc1cncc(CC[C@@H](O)CO)n1. The zero-order valence-electron chi connectivity index (χ0n) is 10.7. The molecular weight excluding hydrogens is 248 g/mol. The van der Waals surface area contributed by atoms with Crippen molar-refractivity contribution < 1.29 is 20.4 Å². The Hall–Kier alpha value is -1.34. The number of nitrogens with zero attached hydrogens (tertiary/aromatic N) is 2. The third-order valence-corrected chi connectivity index (χ3v) is 2.73. The summed E-state index contributed by atoms with van der Waals surface area (Å²) in [6.45, 7) is 3.12. The largest absolute Gasteiger partial charge is 0.394 e. The summed E-state index contributed by atoms with van der Waals surface area (Å²) in [5, 5.41) is 37.0. The molecule has 0 amide bonds. The molecule has 0 saturated heterocycles. The van der Waals surface area contributed by atoms with Crippen molar-refractivity contribution in [3.63, 3.8) is 0 Å². The number of aryl methyl sites for hydroxylation is 1. The molecular formula is C13H20N2O4. The third-order valence-electron chi connectivity index (χ3n) is 2.73. The molecule has 0 saturated carbocycles. The van der Waals surface area contributed by atoms with E-state index in [0.717, 1.165) is 0 Å². The topological polar surface area (TPSA) is 107 Å². The monoisotopic (exact) mass is 268 g/mol. The standard InChI is InChI=1S/C13H20N2O4/c1-2-12(18)13(19)5-10-7-14-6-9(15-10)3-4-11(17)8-16/h2,6-7,11-13,16-19H,1,3-5,8H2/t11-,12+,13+/m1/s1. The van der Waals surface area contributed by atoms with Crippen LogP contribution in [0.5, 0.6) is 0 Å². The summed E-state index contributed by atoms with van der Waals surface area (Å²) >= 11 is 0. The van der Waals surface area contributed by atoms with Crippen LogP contribution < -0.4 is 0 Å². The summed E-state index contributed by atoms with van der Waals surface area (Å²) in [7, 11) is 0. The van der Waals surface area contributed by atoms with Crippen molar-refractivity contribution in [2.24, 2.45) is 0 Å². The van der Waals surface area contributed by atoms with Gasteiger partial charge >= 0.3 is 0 Å². The highest BCUT2D eigenvalue weighted by Gasteiger charge is 2.14. The van der Waals surface area contributed by atoms with Gasteiger partial charge in [-0.25, -0.2) is 0 Å². The molecule has 0 spiro atoms. The van der Waals surface area contributed by atoms with Crippen LogP contribution in [0.4, 0.5) is 0 Å². The van der Waals surface area contributed by atoms with E-state index in [2.05, 4.69) is 16.5 Å². The molecule has 6 heteroatoms. The molecule has 0 aliphatic heterocycles. The van der Waals surface area contributed by atoms with Crippen LogP contribution in [-0.4, -0.2) is 55.3 Å². The second-order valence-corrected chi connectivity index (χ2v) is 4.37. The van der Waals surface area contributed by atoms with Gasteiger partial charge in [0.25, 0.3) is 0 Å². The predicted molar refractivity (Wildman–Crippen MR) is 69.4 cm³/mol. The first kappa shape index (κ1) is 15.7. The molecule has 0 radical (unpaired) electrons. The van der Waals surface area contributed by atoms with E-state index in [1.165, 1.54) is 12.3 Å². The average Bonchev–Trinajstić information content (AvgIpc) is 2.44. The van der Waals surface area contributed by atoms with E-state index in [-0.39, 0.29) is 13.0 Å². The lowest BCUT2D eigenvalue weighted by Gasteiger charge is -2.14. The van der Waals surface area contributed by atoms with Crippen LogP contribution in [0.15, 0.2) is 25.0 Å². The summed E-state index contributed by atoms with van der Waals surface area (Å²) in [6.07, 6.45) is 2.69. The maximum absolute atomic E-state index is 9.66. The summed E-state index contributed by atoms with van der Waals surface area (Å²) in [5.41, 5.74) is 1.23. The smallest absolute Gasteiger partial charge is 0.0981 e. The Balaban J connectivity index is 2.59. The van der Waals surface area contributed by atoms with E-state index >= 15 is 0 Å². The number of aliphatic hydroxyl groups excluding tert-OH is 4. The van der Waals surface area contributed by atoms with Crippen molar-refractivity contribution in [3.05, 3.63) is 36.4 Å². The molecule has 6 nitrogen and oxygen atoms in total. The van der Waals surface area contributed by atoms with Gasteiger partial charge in [0.15, 0.2) is 0 Å². The minimum Gasteiger partial charge on any atom is -0.394 e. The van der Waals surface area contributed by atoms with Gasteiger partial charge in [-0.2, -0.15) is 0 Å². The van der Waals surface area contributed by atoms with Crippen molar-refractivity contribution >= 4 is 0 Å². The maximum Gasteiger partial charge on any atom is 0.0981 e. The van der Waals surface area contributed by atoms with Crippen LogP contribution >= 0.6 is 0 Å². The van der Waals surface area contributed by atoms with Gasteiger partial charge in [-0.05, 0) is 12.8 Å². The highest BCUT2D eigenvalue weighted by atomic mass is 16.3. The zero-order valence-corrected chi connectivity index (χ0v) is 10.7. The van der Waals surface area contributed by atoms with E-state index in [1.807, 2.05) is 0 Å². The van der Waals surface area contributed by atoms with Crippen LogP contribution in [0.3, 0.4) is 0 Å². The Bertz CT molecular complexity index is 400. The summed E-state index contributed by atoms with van der Waals surface area (Å²) < 4.78 is 0. The van der Waals surface area contributed by atoms with Gasteiger partial charge in [0.2, 0.25) is 0 Å². The van der Waals surface area contributed by atoms with Gasteiger partial charge in [0.05, 0.1) is 36.3 Å². The van der Waals surface area contributed by atoms with Crippen molar-refractivity contribution in [1.82, 2.24) is 9.97 Å². The first-order valence-corrected chi connectivity index (χ1v) is 6.14. The Morgan fingerprint density at radius 1 is 1.21 bits per heavy atom. The summed E-state index contributed by atoms with van der Waals surface area (Å²) in [6, 6.07) is 0. The minimum absolute atomic E-state index is 0.177. The number of hydrogen-bond donors (Lipinski definition) is 4. The Morgan fingerprint density at radius 2 is 1.89 bits per heavy atom. The number of aliphatic hydroxyl groups is 4. The summed E-state index contributed by atoms with van der Waals surface area (Å²) in [4.78, 5) is 8.28. The number of hydrogen-bond acceptors (Lipinski definition) is 6. The van der Waals surface area contributed by atoms with Gasteiger partial charge in [0, 0.05) is 18.8 Å². The summed E-state index contributed by atoms with van der Waals surface area (Å²) in [5.74, 6) is 0. The van der Waals surface area contributed by atoms with Crippen LogP contribution in [0.2, 0.25) is 0 Å². The molecule has 19 heavy (non-hydrogen) atoms. The number of aromatic nitrogens is 2. The maximum atomic E-state index is 9.66. The molecule has 0 aromatic carbocycles. The molecule has 106 valence electrons. The normalized spacial score (nSPS) is 15.8. The molecule has 0 bridgehead atoms. The fourth-order valence-corrected chi connectivity index (χ4v) is 1.57. The van der Waals surface area contributed by atoms with Gasteiger partial charge in [-0.1, -0.05) is 6.08 Å². The lowest BCUT2D eigenvalue weighted by molar-refractivity contribution is 0.0488. The van der Waals surface area contributed by atoms with E-state index in [0.29, 0.717) is 24.2 Å². The third kappa shape index (κ3) is 5.44. The lowest BCUT2D eigenvalue weighted by Crippen LogP contribution is -2.26. The first-order chi connectivity index (χ1) is 9.06. The van der Waals surface area contributed by atoms with Crippen molar-refractivity contribution in [2.75, 3.05) is 6.61 Å². The van der Waals surface area contributed by atoms with Crippen LogP contribution in [0, 0.1) is 0 Å². The molecule has 1 heterocycles. The molecule has 1 aromatic heterocycles. The Labute approximate surface area is 112 Å². The Kier molecular flexibility index (Phi) is 6.58. The minimum atomic E-state index is -0.998. The van der Waals surface area contributed by atoms with Crippen LogP contribution in [0.1, 0.15) is 17.8 Å². The number of rotatable bonds is 8. The van der Waals surface area contributed by atoms with Crippen molar-refractivity contribution in [3.8, 4) is 0 Å². The average molecular weight is 268 g/mol. The van der Waals surface area contributed by atoms with E-state index < -0.39 is 18.3 Å². The van der Waals surface area contributed by atoms with Crippen molar-refractivity contribution in [2.45, 2.75) is 37.6 Å². The quantitative estimate of drug-likeness (QED) is 0.460. The van der Waals surface area contributed by atoms with E-state index in [9.17, 15) is 15.3 Å². The fourth-order valence-electron chi connectivity index (χ4n) is 1.57. The predicted octanol–water partition coefficient (Wildman–Crippen LogP) is -0.787. The van der Waals surface area contributed by atoms with E-state index in [1.54, 1.807) is 6.20 Å². The van der Waals surface area contributed by atoms with Crippen LogP contribution in [-0.2, 0) is 12.8 Å². The lowest BCUT2D eigenvalue weighted by atomic mass is 10.1. The molecule has 1 rings (SSSR count). The molecule has 3 atom stereocenters. The van der Waals surface area contributed by atoms with Gasteiger partial charge < -0.3 is 20.4 Å². The second kappa shape index (κ2) is 7.96. The molecule has 4 N–H and O–H groups in total. The fraction of sp³-hybridized carbons (Fsp3) is 0.538. The molecule has 1 aromatic rings. The van der Waals surface area contributed by atoms with Crippen molar-refractivity contribution in [1.29, 1.82) is 0 Å². The van der Waals surface area contributed by atoms with Gasteiger partial charge in [0.1, 0.15) is 0 Å². The first-order valence-electron chi connectivity index (χ1n) is 6.14. The zero-order chi connectivity index (χ0) is 14.3. The highest BCUT2D eigenvalue weighted by molar-refractivity contribution is 5.06. The molecule has 0 aliphatic rings. The van der Waals surface area contributed by atoms with E-state index in [4.69, 9.17) is 5.11 Å². The second-order valence-electron chi connectivity index (χ2n) is 4.37. The molecule has 0 fully saturated rings.